The highest BCUT2D eigenvalue weighted by Crippen LogP contribution is 2.30. The summed E-state index contributed by atoms with van der Waals surface area (Å²) in [5.41, 5.74) is 0.0300. The summed E-state index contributed by atoms with van der Waals surface area (Å²) in [4.78, 5) is -0.449. The summed E-state index contributed by atoms with van der Waals surface area (Å²) in [7, 11) is -4.09. The van der Waals surface area contributed by atoms with E-state index in [2.05, 4.69) is 11.3 Å². The summed E-state index contributed by atoms with van der Waals surface area (Å²) in [5, 5.41) is 0. The van der Waals surface area contributed by atoms with Crippen molar-refractivity contribution in [2.45, 2.75) is 11.1 Å². The Hall–Kier alpha value is -2.28. The maximum atomic E-state index is 12.6. The Morgan fingerprint density at radius 1 is 1.05 bits per heavy atom. The molecule has 0 aromatic heterocycles. The molecule has 0 aliphatic heterocycles. The van der Waals surface area contributed by atoms with Gasteiger partial charge in [0.2, 0.25) is 0 Å². The van der Waals surface area contributed by atoms with E-state index in [1.54, 1.807) is 18.2 Å². The standard InChI is InChI=1S/C15H12F3NO2S/c1-2-11-6-8-13(9-7-11)19-22(20,21)14-5-3-4-12(10-14)15(16,17)18/h2-10,19H,1H2. The Balaban J connectivity index is 2.32. The number of halogens is 3. The molecule has 1 N–H and O–H groups in total. The van der Waals surface area contributed by atoms with Crippen molar-refractivity contribution in [3.63, 3.8) is 0 Å². The molecule has 0 amide bonds. The van der Waals surface area contributed by atoms with Crippen molar-refractivity contribution in [3.8, 4) is 0 Å². The number of anilines is 1. The molecule has 22 heavy (non-hydrogen) atoms. The van der Waals surface area contributed by atoms with Gasteiger partial charge in [0.05, 0.1) is 10.5 Å². The van der Waals surface area contributed by atoms with Gasteiger partial charge in [0, 0.05) is 5.69 Å². The van der Waals surface area contributed by atoms with Gasteiger partial charge in [-0.2, -0.15) is 13.2 Å². The molecule has 0 bridgehead atoms. The number of benzene rings is 2. The molecule has 0 atom stereocenters. The monoisotopic (exact) mass is 327 g/mol. The van der Waals surface area contributed by atoms with Crippen molar-refractivity contribution in [1.29, 1.82) is 0 Å². The van der Waals surface area contributed by atoms with Gasteiger partial charge < -0.3 is 0 Å². The zero-order valence-corrected chi connectivity index (χ0v) is 12.1. The first-order chi connectivity index (χ1) is 10.2. The lowest BCUT2D eigenvalue weighted by atomic mass is 10.2. The molecular formula is C15H12F3NO2S. The Morgan fingerprint density at radius 3 is 2.23 bits per heavy atom. The minimum Gasteiger partial charge on any atom is -0.280 e. The molecule has 0 spiro atoms. The molecule has 0 saturated heterocycles. The predicted molar refractivity (Wildman–Crippen MR) is 78.8 cm³/mol. The van der Waals surface area contributed by atoms with E-state index in [0.29, 0.717) is 6.07 Å². The quantitative estimate of drug-likeness (QED) is 0.917. The molecule has 2 aromatic rings. The van der Waals surface area contributed by atoms with Crippen molar-refractivity contribution >= 4 is 21.8 Å². The molecule has 3 nitrogen and oxygen atoms in total. The fraction of sp³-hybridized carbons (Fsp3) is 0.0667. The summed E-state index contributed by atoms with van der Waals surface area (Å²) in [5.74, 6) is 0. The molecule has 7 heteroatoms. The van der Waals surface area contributed by atoms with E-state index in [9.17, 15) is 21.6 Å². The van der Waals surface area contributed by atoms with E-state index in [4.69, 9.17) is 0 Å². The van der Waals surface area contributed by atoms with Crippen LogP contribution >= 0.6 is 0 Å². The molecule has 0 heterocycles. The van der Waals surface area contributed by atoms with E-state index < -0.39 is 26.7 Å². The van der Waals surface area contributed by atoms with Crippen molar-refractivity contribution < 1.29 is 21.6 Å². The Morgan fingerprint density at radius 2 is 1.68 bits per heavy atom. The number of sulfonamides is 1. The summed E-state index contributed by atoms with van der Waals surface area (Å²) in [6.45, 7) is 3.57. The van der Waals surface area contributed by atoms with Gasteiger partial charge in [0.25, 0.3) is 10.0 Å². The maximum Gasteiger partial charge on any atom is 0.416 e. The first kappa shape index (κ1) is 16.1. The SMILES string of the molecule is C=Cc1ccc(NS(=O)(=O)c2cccc(C(F)(F)F)c2)cc1. The first-order valence-electron chi connectivity index (χ1n) is 6.15. The molecular weight excluding hydrogens is 315 g/mol. The Bertz CT molecular complexity index is 781. The average Bonchev–Trinajstić information content (AvgIpc) is 2.47. The highest BCUT2D eigenvalue weighted by molar-refractivity contribution is 7.92. The normalized spacial score (nSPS) is 12.0. The van der Waals surface area contributed by atoms with Crippen LogP contribution in [-0.4, -0.2) is 8.42 Å². The number of nitrogens with one attached hydrogen (secondary N) is 1. The minimum absolute atomic E-state index is 0.253. The van der Waals surface area contributed by atoms with E-state index in [1.165, 1.54) is 12.1 Å². The molecule has 2 rings (SSSR count). The van der Waals surface area contributed by atoms with Gasteiger partial charge in [-0.15, -0.1) is 0 Å². The van der Waals surface area contributed by atoms with Crippen LogP contribution in [0.25, 0.3) is 6.08 Å². The van der Waals surface area contributed by atoms with Gasteiger partial charge in [-0.25, -0.2) is 8.42 Å². The Kier molecular flexibility index (Phi) is 4.27. The first-order valence-corrected chi connectivity index (χ1v) is 7.63. The average molecular weight is 327 g/mol. The van der Waals surface area contributed by atoms with Crippen molar-refractivity contribution in [1.82, 2.24) is 0 Å². The van der Waals surface area contributed by atoms with Gasteiger partial charge >= 0.3 is 6.18 Å². The van der Waals surface area contributed by atoms with Crippen LogP contribution in [-0.2, 0) is 16.2 Å². The van der Waals surface area contributed by atoms with E-state index in [-0.39, 0.29) is 5.69 Å². The van der Waals surface area contributed by atoms with Crippen molar-refractivity contribution in [3.05, 3.63) is 66.2 Å². The highest BCUT2D eigenvalue weighted by atomic mass is 32.2. The molecule has 0 fully saturated rings. The molecule has 0 radical (unpaired) electrons. The third-order valence-corrected chi connectivity index (χ3v) is 4.25. The van der Waals surface area contributed by atoms with E-state index >= 15 is 0 Å². The van der Waals surface area contributed by atoms with Crippen LogP contribution < -0.4 is 4.72 Å². The zero-order chi connectivity index (χ0) is 16.4. The fourth-order valence-corrected chi connectivity index (χ4v) is 2.84. The number of rotatable bonds is 4. The smallest absolute Gasteiger partial charge is 0.280 e. The van der Waals surface area contributed by atoms with Crippen LogP contribution in [0.3, 0.4) is 0 Å². The van der Waals surface area contributed by atoms with Crippen LogP contribution in [0.2, 0.25) is 0 Å². The van der Waals surface area contributed by atoms with Gasteiger partial charge in [-0.05, 0) is 35.9 Å². The zero-order valence-electron chi connectivity index (χ0n) is 11.3. The lowest BCUT2D eigenvalue weighted by molar-refractivity contribution is -0.137. The Labute approximate surface area is 126 Å². The summed E-state index contributed by atoms with van der Waals surface area (Å²) in [6.07, 6.45) is -3.01. The largest absolute Gasteiger partial charge is 0.416 e. The second-order valence-electron chi connectivity index (χ2n) is 4.46. The maximum absolute atomic E-state index is 12.6. The summed E-state index contributed by atoms with van der Waals surface area (Å²) < 4.78 is 64.4. The van der Waals surface area contributed by atoms with Crippen LogP contribution in [0.5, 0.6) is 0 Å². The van der Waals surface area contributed by atoms with Crippen molar-refractivity contribution in [2.24, 2.45) is 0 Å². The van der Waals surface area contributed by atoms with Gasteiger partial charge in [-0.3, -0.25) is 4.72 Å². The molecule has 2 aromatic carbocycles. The highest BCUT2D eigenvalue weighted by Gasteiger charge is 2.31. The van der Waals surface area contributed by atoms with Gasteiger partial charge in [0.1, 0.15) is 0 Å². The molecule has 0 saturated carbocycles. The third-order valence-electron chi connectivity index (χ3n) is 2.87. The van der Waals surface area contributed by atoms with Gasteiger partial charge in [-0.1, -0.05) is 30.9 Å². The summed E-state index contributed by atoms with van der Waals surface area (Å²) in [6, 6.07) is 9.85. The third kappa shape index (κ3) is 3.67. The van der Waals surface area contributed by atoms with Crippen LogP contribution in [0.15, 0.2) is 60.0 Å². The second-order valence-corrected chi connectivity index (χ2v) is 6.14. The van der Waals surface area contributed by atoms with Crippen molar-refractivity contribution in [2.75, 3.05) is 4.72 Å². The van der Waals surface area contributed by atoms with Gasteiger partial charge in [0.15, 0.2) is 0 Å². The molecule has 116 valence electrons. The molecule has 0 unspecified atom stereocenters. The fourth-order valence-electron chi connectivity index (χ4n) is 1.74. The van der Waals surface area contributed by atoms with Crippen LogP contribution in [0.4, 0.5) is 18.9 Å². The van der Waals surface area contributed by atoms with E-state index in [1.807, 2.05) is 0 Å². The number of hydrogen-bond donors (Lipinski definition) is 1. The van der Waals surface area contributed by atoms with Crippen LogP contribution in [0.1, 0.15) is 11.1 Å². The lowest BCUT2D eigenvalue weighted by Crippen LogP contribution is -2.14. The predicted octanol–water partition coefficient (Wildman–Crippen LogP) is 4.15. The molecule has 0 aliphatic carbocycles. The van der Waals surface area contributed by atoms with E-state index in [0.717, 1.165) is 23.8 Å². The van der Waals surface area contributed by atoms with Crippen LogP contribution in [0, 0.1) is 0 Å². The topological polar surface area (TPSA) is 46.2 Å². The minimum atomic E-state index is -4.60. The lowest BCUT2D eigenvalue weighted by Gasteiger charge is -2.11. The number of alkyl halides is 3. The molecule has 0 aliphatic rings. The number of hydrogen-bond acceptors (Lipinski definition) is 2. The second kappa shape index (κ2) is 5.84. The summed E-state index contributed by atoms with van der Waals surface area (Å²) >= 11 is 0.